The number of nitro benzene ring substituents is 1. The molecule has 0 amide bonds. The van der Waals surface area contributed by atoms with E-state index in [-0.39, 0.29) is 35.8 Å². The third-order valence-corrected chi connectivity index (χ3v) is 3.78. The van der Waals surface area contributed by atoms with E-state index in [0.717, 1.165) is 5.56 Å². The molecule has 0 saturated heterocycles. The Morgan fingerprint density at radius 1 is 1.14 bits per heavy atom. The lowest BCUT2D eigenvalue weighted by Crippen LogP contribution is -2.41. The molecule has 1 unspecified atom stereocenters. The van der Waals surface area contributed by atoms with Crippen molar-refractivity contribution in [1.82, 2.24) is 10.6 Å². The predicted octanol–water partition coefficient (Wildman–Crippen LogP) is 3.35. The summed E-state index contributed by atoms with van der Waals surface area (Å²) in [6.45, 7) is 2.99. The molecule has 0 aliphatic carbocycles. The molecule has 0 aliphatic heterocycles. The highest BCUT2D eigenvalue weighted by atomic mass is 127. The molecular weight excluding hydrogens is 475 g/mol. The second-order valence-electron chi connectivity index (χ2n) is 5.81. The maximum Gasteiger partial charge on any atom is 0.269 e. The molecule has 8 nitrogen and oxygen atoms in total. The molecule has 2 aromatic rings. The van der Waals surface area contributed by atoms with Gasteiger partial charge < -0.3 is 20.1 Å². The Labute approximate surface area is 181 Å². The van der Waals surface area contributed by atoms with Gasteiger partial charge >= 0.3 is 0 Å². The Kier molecular flexibility index (Phi) is 10.1. The van der Waals surface area contributed by atoms with Gasteiger partial charge in [0.05, 0.1) is 18.6 Å². The third kappa shape index (κ3) is 7.22. The van der Waals surface area contributed by atoms with Gasteiger partial charge in [0.15, 0.2) is 17.5 Å². The zero-order valence-electron chi connectivity index (χ0n) is 16.0. The number of halogens is 1. The van der Waals surface area contributed by atoms with Gasteiger partial charge in [-0.2, -0.15) is 0 Å². The van der Waals surface area contributed by atoms with E-state index < -0.39 is 4.92 Å². The molecule has 0 saturated carbocycles. The van der Waals surface area contributed by atoms with Crippen LogP contribution in [0.2, 0.25) is 0 Å². The molecule has 0 heterocycles. The molecule has 0 aromatic heterocycles. The van der Waals surface area contributed by atoms with Crippen molar-refractivity contribution in [1.29, 1.82) is 0 Å². The maximum absolute atomic E-state index is 10.7. The Morgan fingerprint density at radius 2 is 1.79 bits per heavy atom. The average molecular weight is 500 g/mol. The van der Waals surface area contributed by atoms with Crippen LogP contribution in [0.25, 0.3) is 0 Å². The number of guanidine groups is 1. The van der Waals surface area contributed by atoms with Gasteiger partial charge in [0, 0.05) is 25.7 Å². The number of non-ortho nitro benzene ring substituents is 1. The summed E-state index contributed by atoms with van der Waals surface area (Å²) < 4.78 is 11.2. The first-order valence-corrected chi connectivity index (χ1v) is 8.51. The van der Waals surface area contributed by atoms with Crippen molar-refractivity contribution < 1.29 is 14.4 Å². The fourth-order valence-electron chi connectivity index (χ4n) is 2.36. The second kappa shape index (κ2) is 12.0. The number of methoxy groups -OCH3 is 1. The normalized spacial score (nSPS) is 11.8. The van der Waals surface area contributed by atoms with E-state index in [1.807, 2.05) is 31.2 Å². The zero-order valence-corrected chi connectivity index (χ0v) is 18.4. The molecule has 0 spiro atoms. The average Bonchev–Trinajstić information content (AvgIpc) is 2.68. The van der Waals surface area contributed by atoms with E-state index in [4.69, 9.17) is 9.47 Å². The number of nitro groups is 1. The van der Waals surface area contributed by atoms with E-state index in [1.54, 1.807) is 26.3 Å². The van der Waals surface area contributed by atoms with Crippen LogP contribution in [0, 0.1) is 10.1 Å². The number of benzene rings is 2. The first-order valence-electron chi connectivity index (χ1n) is 8.51. The van der Waals surface area contributed by atoms with Gasteiger partial charge in [-0.25, -0.2) is 0 Å². The van der Waals surface area contributed by atoms with Crippen molar-refractivity contribution in [3.8, 4) is 11.5 Å². The Hall–Kier alpha value is -2.56. The number of hydrogen-bond donors (Lipinski definition) is 2. The van der Waals surface area contributed by atoms with Crippen LogP contribution in [0.4, 0.5) is 5.69 Å². The van der Waals surface area contributed by atoms with Crippen LogP contribution in [0.5, 0.6) is 11.5 Å². The lowest BCUT2D eigenvalue weighted by Gasteiger charge is -2.19. The minimum absolute atomic E-state index is 0. The number of nitrogens with one attached hydrogen (secondary N) is 2. The molecule has 0 fully saturated rings. The fraction of sp³-hybridized carbons (Fsp3) is 0.316. The highest BCUT2D eigenvalue weighted by Gasteiger charge is 2.09. The highest BCUT2D eigenvalue weighted by molar-refractivity contribution is 14.0. The van der Waals surface area contributed by atoms with Crippen LogP contribution < -0.4 is 20.1 Å². The standard InChI is InChI=1S/C19H24N4O4.HI/c1-14(27-18-7-5-4-6-17(18)26-3)12-21-19(20-2)22-13-15-8-10-16(11-9-15)23(24)25;/h4-11,14H,12-13H2,1-3H3,(H2,20,21,22);1H. The SMILES string of the molecule is CN=C(NCc1ccc([N+](=O)[O-])cc1)NCC(C)Oc1ccccc1OC.I. The van der Waals surface area contributed by atoms with Crippen LogP contribution >= 0.6 is 24.0 Å². The van der Waals surface area contributed by atoms with Crippen LogP contribution in [-0.4, -0.2) is 37.7 Å². The first kappa shape index (κ1) is 23.5. The Balaban J connectivity index is 0.00000392. The predicted molar refractivity (Wildman–Crippen MR) is 120 cm³/mol. The van der Waals surface area contributed by atoms with Crippen molar-refractivity contribution in [3.05, 3.63) is 64.2 Å². The van der Waals surface area contributed by atoms with Crippen LogP contribution in [-0.2, 0) is 6.54 Å². The summed E-state index contributed by atoms with van der Waals surface area (Å²) in [7, 11) is 3.28. The molecule has 28 heavy (non-hydrogen) atoms. The molecule has 9 heteroatoms. The largest absolute Gasteiger partial charge is 0.493 e. The number of hydrogen-bond acceptors (Lipinski definition) is 5. The molecular formula is C19H25IN4O4. The minimum Gasteiger partial charge on any atom is -0.493 e. The van der Waals surface area contributed by atoms with Gasteiger partial charge in [-0.15, -0.1) is 24.0 Å². The Morgan fingerprint density at radius 3 is 2.36 bits per heavy atom. The number of nitrogens with zero attached hydrogens (tertiary/aromatic N) is 2. The fourth-order valence-corrected chi connectivity index (χ4v) is 2.36. The van der Waals surface area contributed by atoms with Gasteiger partial charge in [0.2, 0.25) is 0 Å². The zero-order chi connectivity index (χ0) is 19.6. The number of aliphatic imine (C=N–C) groups is 1. The van der Waals surface area contributed by atoms with Crippen molar-refractivity contribution in [2.24, 2.45) is 4.99 Å². The number of ether oxygens (including phenoxy) is 2. The molecule has 2 N–H and O–H groups in total. The summed E-state index contributed by atoms with van der Waals surface area (Å²) >= 11 is 0. The van der Waals surface area contributed by atoms with Gasteiger partial charge in [-0.3, -0.25) is 15.1 Å². The van der Waals surface area contributed by atoms with E-state index in [1.165, 1.54) is 12.1 Å². The van der Waals surface area contributed by atoms with Crippen molar-refractivity contribution >= 4 is 35.6 Å². The second-order valence-corrected chi connectivity index (χ2v) is 5.81. The summed E-state index contributed by atoms with van der Waals surface area (Å²) in [5.41, 5.74) is 0.991. The van der Waals surface area contributed by atoms with E-state index in [9.17, 15) is 10.1 Å². The topological polar surface area (TPSA) is 98.0 Å². The van der Waals surface area contributed by atoms with Crippen molar-refractivity contribution in [2.75, 3.05) is 20.7 Å². The third-order valence-electron chi connectivity index (χ3n) is 3.78. The van der Waals surface area contributed by atoms with E-state index in [2.05, 4.69) is 15.6 Å². The molecule has 0 bridgehead atoms. The van der Waals surface area contributed by atoms with Crippen LogP contribution in [0.15, 0.2) is 53.5 Å². The van der Waals surface area contributed by atoms with Crippen LogP contribution in [0.3, 0.4) is 0 Å². The summed E-state index contributed by atoms with van der Waals surface area (Å²) in [6, 6.07) is 13.9. The lowest BCUT2D eigenvalue weighted by molar-refractivity contribution is -0.384. The summed E-state index contributed by atoms with van der Waals surface area (Å²) in [6.07, 6.45) is -0.112. The lowest BCUT2D eigenvalue weighted by atomic mass is 10.2. The summed E-state index contributed by atoms with van der Waals surface area (Å²) in [5, 5.41) is 17.0. The van der Waals surface area contributed by atoms with E-state index >= 15 is 0 Å². The van der Waals surface area contributed by atoms with Gasteiger partial charge in [-0.1, -0.05) is 24.3 Å². The minimum atomic E-state index is -0.416. The van der Waals surface area contributed by atoms with Gasteiger partial charge in [-0.05, 0) is 24.6 Å². The molecule has 0 radical (unpaired) electrons. The van der Waals surface area contributed by atoms with Crippen LogP contribution in [0.1, 0.15) is 12.5 Å². The van der Waals surface area contributed by atoms with Gasteiger partial charge in [0.1, 0.15) is 6.10 Å². The summed E-state index contributed by atoms with van der Waals surface area (Å²) in [5.74, 6) is 1.98. The molecule has 2 aromatic carbocycles. The molecule has 2 rings (SSSR count). The first-order chi connectivity index (χ1) is 13.0. The number of para-hydroxylation sites is 2. The monoisotopic (exact) mass is 500 g/mol. The van der Waals surface area contributed by atoms with Gasteiger partial charge in [0.25, 0.3) is 5.69 Å². The Bertz CT molecular complexity index is 784. The quantitative estimate of drug-likeness (QED) is 0.190. The van der Waals surface area contributed by atoms with Crippen molar-refractivity contribution in [3.63, 3.8) is 0 Å². The highest BCUT2D eigenvalue weighted by Crippen LogP contribution is 2.26. The van der Waals surface area contributed by atoms with E-state index in [0.29, 0.717) is 30.5 Å². The number of rotatable bonds is 8. The summed E-state index contributed by atoms with van der Waals surface area (Å²) in [4.78, 5) is 14.4. The smallest absolute Gasteiger partial charge is 0.269 e. The molecule has 152 valence electrons. The van der Waals surface area contributed by atoms with Crippen molar-refractivity contribution in [2.45, 2.75) is 19.6 Å². The molecule has 0 aliphatic rings. The molecule has 1 atom stereocenters. The maximum atomic E-state index is 10.7.